The van der Waals surface area contributed by atoms with Gasteiger partial charge in [-0.05, 0) is 66.7 Å². The molecule has 1 aromatic heterocycles. The van der Waals surface area contributed by atoms with E-state index in [-0.39, 0.29) is 28.3 Å². The molecule has 9 aromatic rings. The van der Waals surface area contributed by atoms with Gasteiger partial charge in [0, 0.05) is 16.7 Å². The van der Waals surface area contributed by atoms with Crippen LogP contribution >= 0.6 is 0 Å². The molecule has 0 bridgehead atoms. The first kappa shape index (κ1) is 17.0. The number of fused-ring (bicyclic) bond motifs is 4. The highest BCUT2D eigenvalue weighted by atomic mass is 14.9. The SMILES string of the molecule is [2H]c1c([2H])c([2H])c(-c2nc(-c3ccc(-c4c5ccccc5cc5c4ccc4ccccc45)cc3)cc(-c3c([2H])c([2H])c(-c4c([2H])c([2H])c([2H])c([2H])c4[2H])c([2H])c3[2H])n2)c([2H])c1[2H]. The van der Waals surface area contributed by atoms with Gasteiger partial charge in [-0.1, -0.05) is 170 Å². The molecule has 2 heteroatoms. The Morgan fingerprint density at radius 1 is 0.354 bits per heavy atom. The lowest BCUT2D eigenvalue weighted by Gasteiger charge is -2.15. The Morgan fingerprint density at radius 3 is 1.65 bits per heavy atom. The van der Waals surface area contributed by atoms with Gasteiger partial charge in [-0.3, -0.25) is 0 Å². The molecule has 2 nitrogen and oxygen atoms in total. The van der Waals surface area contributed by atoms with E-state index in [4.69, 9.17) is 19.2 Å². The second kappa shape index (κ2) is 11.8. The van der Waals surface area contributed by atoms with Crippen LogP contribution in [0.25, 0.3) is 88.5 Å². The molecule has 9 rings (SSSR count). The Bertz CT molecular complexity index is 3320. The molecule has 0 unspecified atom stereocenters. The molecular weight excluding hydrogens is 581 g/mol. The fourth-order valence-corrected chi connectivity index (χ4v) is 6.08. The van der Waals surface area contributed by atoms with Crippen LogP contribution in [0.2, 0.25) is 0 Å². The van der Waals surface area contributed by atoms with E-state index in [1.165, 1.54) is 6.07 Å². The van der Waals surface area contributed by atoms with Crippen LogP contribution < -0.4 is 0 Å². The minimum Gasteiger partial charge on any atom is -0.228 e. The minimum absolute atomic E-state index is 0.170. The van der Waals surface area contributed by atoms with E-state index in [1.54, 1.807) is 12.1 Å². The maximum absolute atomic E-state index is 9.12. The van der Waals surface area contributed by atoms with Gasteiger partial charge in [-0.15, -0.1) is 0 Å². The Labute approximate surface area is 299 Å². The van der Waals surface area contributed by atoms with Crippen LogP contribution in [-0.2, 0) is 0 Å². The summed E-state index contributed by atoms with van der Waals surface area (Å²) in [5.41, 5.74) is 0.652. The molecule has 0 saturated heterocycles. The third kappa shape index (κ3) is 5.01. The van der Waals surface area contributed by atoms with Gasteiger partial charge in [0.2, 0.25) is 0 Å². The summed E-state index contributed by atoms with van der Waals surface area (Å²) in [5, 5.41) is 6.43. The first-order chi connectivity index (χ1) is 29.6. The van der Waals surface area contributed by atoms with Crippen molar-refractivity contribution in [1.82, 2.24) is 9.97 Å². The summed E-state index contributed by atoms with van der Waals surface area (Å²) in [4.78, 5) is 9.21. The van der Waals surface area contributed by atoms with Crippen LogP contribution in [0.3, 0.4) is 0 Å². The van der Waals surface area contributed by atoms with Crippen LogP contribution in [0.15, 0.2) is 182 Å². The number of aromatic nitrogens is 2. The summed E-state index contributed by atoms with van der Waals surface area (Å²) in [6.45, 7) is 0. The maximum Gasteiger partial charge on any atom is 0.160 e. The predicted octanol–water partition coefficient (Wildman–Crippen LogP) is 12.3. The summed E-state index contributed by atoms with van der Waals surface area (Å²) < 4.78 is 120. The third-order valence-electron chi connectivity index (χ3n) is 8.32. The second-order valence-electron chi connectivity index (χ2n) is 11.1. The van der Waals surface area contributed by atoms with Gasteiger partial charge in [0.05, 0.1) is 30.6 Å². The van der Waals surface area contributed by atoms with E-state index in [2.05, 4.69) is 52.4 Å². The third-order valence-corrected chi connectivity index (χ3v) is 8.32. The minimum atomic E-state index is -0.709. The van der Waals surface area contributed by atoms with Gasteiger partial charge in [-0.2, -0.15) is 0 Å². The van der Waals surface area contributed by atoms with Crippen molar-refractivity contribution in [3.63, 3.8) is 0 Å². The first-order valence-corrected chi connectivity index (χ1v) is 15.2. The van der Waals surface area contributed by atoms with Crippen LogP contribution in [0, 0.1) is 0 Å². The van der Waals surface area contributed by atoms with Crippen LogP contribution in [0.5, 0.6) is 0 Å². The van der Waals surface area contributed by atoms with Gasteiger partial charge in [0.1, 0.15) is 0 Å². The lowest BCUT2D eigenvalue weighted by Crippen LogP contribution is -1.96. The predicted molar refractivity (Wildman–Crippen MR) is 202 cm³/mol. The van der Waals surface area contributed by atoms with Gasteiger partial charge in [0.15, 0.2) is 5.82 Å². The lowest BCUT2D eigenvalue weighted by molar-refractivity contribution is 1.18. The zero-order chi connectivity index (χ0) is 44.0. The van der Waals surface area contributed by atoms with Crippen molar-refractivity contribution in [2.75, 3.05) is 0 Å². The largest absolute Gasteiger partial charge is 0.228 e. The van der Waals surface area contributed by atoms with Crippen molar-refractivity contribution < 1.29 is 19.2 Å². The fraction of sp³-hybridized carbons (Fsp3) is 0. The maximum atomic E-state index is 9.12. The molecule has 0 atom stereocenters. The fourth-order valence-electron chi connectivity index (χ4n) is 6.08. The summed E-state index contributed by atoms with van der Waals surface area (Å²) in [7, 11) is 0. The van der Waals surface area contributed by atoms with E-state index >= 15 is 0 Å². The normalized spacial score (nSPS) is 15.4. The highest BCUT2D eigenvalue weighted by Crippen LogP contribution is 2.40. The molecule has 224 valence electrons. The summed E-state index contributed by atoms with van der Waals surface area (Å²) in [6.07, 6.45) is 0. The van der Waals surface area contributed by atoms with E-state index < -0.39 is 95.7 Å². The van der Waals surface area contributed by atoms with Gasteiger partial charge in [-0.25, -0.2) is 9.97 Å². The Hall–Kier alpha value is -6.38. The van der Waals surface area contributed by atoms with E-state index in [1.807, 2.05) is 36.4 Å². The standard InChI is InChI=1S/C46H30N2/c1-3-11-31(12-4-1)32-19-21-34(22-20-32)43-30-44(48-46(47-43)37-14-5-2-6-15-37)35-23-25-36(26-24-35)45-40-18-10-8-16-38(40)29-42-39-17-9-7-13-33(39)27-28-41(42)45/h1-30H/i1D,2D,3D,4D,5D,6D,11D,12D,14D,15D,19D,20D,21D,22D. The molecule has 0 spiro atoms. The average molecular weight is 625 g/mol. The molecule has 0 aliphatic rings. The topological polar surface area (TPSA) is 25.8 Å². The van der Waals surface area contributed by atoms with Crippen LogP contribution in [-0.4, -0.2) is 9.97 Å². The molecule has 0 N–H and O–H groups in total. The summed E-state index contributed by atoms with van der Waals surface area (Å²) in [5.74, 6) is -0.336. The van der Waals surface area contributed by atoms with E-state index in [0.29, 0.717) is 5.56 Å². The number of hydrogen-bond acceptors (Lipinski definition) is 2. The molecule has 1 heterocycles. The Balaban J connectivity index is 1.27. The molecule has 0 fully saturated rings. The second-order valence-corrected chi connectivity index (χ2v) is 11.1. The van der Waals surface area contributed by atoms with Gasteiger partial charge in [0.25, 0.3) is 0 Å². The number of hydrogen-bond donors (Lipinski definition) is 0. The van der Waals surface area contributed by atoms with E-state index in [9.17, 15) is 0 Å². The average Bonchev–Trinajstić information content (AvgIpc) is 3.28. The summed E-state index contributed by atoms with van der Waals surface area (Å²) >= 11 is 0. The quantitative estimate of drug-likeness (QED) is 0.141. The zero-order valence-electron chi connectivity index (χ0n) is 39.1. The van der Waals surface area contributed by atoms with Gasteiger partial charge < -0.3 is 0 Å². The van der Waals surface area contributed by atoms with Crippen molar-refractivity contribution in [3.8, 4) is 56.2 Å². The molecule has 0 amide bonds. The highest BCUT2D eigenvalue weighted by molar-refractivity contribution is 6.20. The van der Waals surface area contributed by atoms with Crippen LogP contribution in [0.1, 0.15) is 19.2 Å². The molecule has 0 aliphatic heterocycles. The first-order valence-electron chi connectivity index (χ1n) is 22.2. The van der Waals surface area contributed by atoms with Crippen molar-refractivity contribution in [2.45, 2.75) is 0 Å². The Kier molecular flexibility index (Phi) is 4.16. The molecule has 0 radical (unpaired) electrons. The monoisotopic (exact) mass is 624 g/mol. The van der Waals surface area contributed by atoms with Crippen molar-refractivity contribution in [1.29, 1.82) is 0 Å². The molecule has 8 aromatic carbocycles. The van der Waals surface area contributed by atoms with Gasteiger partial charge >= 0.3 is 0 Å². The lowest BCUT2D eigenvalue weighted by atomic mass is 9.89. The van der Waals surface area contributed by atoms with Crippen molar-refractivity contribution in [3.05, 3.63) is 182 Å². The molecule has 0 aliphatic carbocycles. The van der Waals surface area contributed by atoms with E-state index in [0.717, 1.165) is 43.4 Å². The number of rotatable bonds is 5. The number of nitrogens with zero attached hydrogens (tertiary/aromatic N) is 2. The summed E-state index contributed by atoms with van der Waals surface area (Å²) in [6, 6.07) is 22.2. The van der Waals surface area contributed by atoms with Crippen LogP contribution in [0.4, 0.5) is 0 Å². The van der Waals surface area contributed by atoms with Crippen molar-refractivity contribution >= 4 is 32.3 Å². The molecule has 0 saturated carbocycles. The smallest absolute Gasteiger partial charge is 0.160 e. The van der Waals surface area contributed by atoms with Crippen molar-refractivity contribution in [2.24, 2.45) is 0 Å². The zero-order valence-corrected chi connectivity index (χ0v) is 25.1. The molecular formula is C46H30N2. The molecule has 48 heavy (non-hydrogen) atoms. The highest BCUT2D eigenvalue weighted by Gasteiger charge is 2.14. The number of benzene rings is 8. The Morgan fingerprint density at radius 2 is 0.917 bits per heavy atom.